The van der Waals surface area contributed by atoms with Crippen molar-refractivity contribution in [2.24, 2.45) is 0 Å². The number of benzene rings is 1. The van der Waals surface area contributed by atoms with E-state index >= 15 is 0 Å². The maximum absolute atomic E-state index is 12.8. The molecule has 8 heteroatoms. The van der Waals surface area contributed by atoms with Gasteiger partial charge in [0.2, 0.25) is 0 Å². The second-order valence-electron chi connectivity index (χ2n) is 6.24. The molecule has 0 aliphatic heterocycles. The molecule has 4 aromatic rings. The van der Waals surface area contributed by atoms with Crippen molar-refractivity contribution in [3.8, 4) is 5.75 Å². The molecule has 3 aromatic heterocycles. The van der Waals surface area contributed by atoms with E-state index in [1.54, 1.807) is 67.5 Å². The maximum Gasteiger partial charge on any atom is 0.256 e. The fourth-order valence-electron chi connectivity index (χ4n) is 2.67. The van der Waals surface area contributed by atoms with Crippen LogP contribution in [0.4, 0.5) is 17.3 Å². The van der Waals surface area contributed by atoms with Crippen molar-refractivity contribution in [2.45, 2.75) is 6.61 Å². The van der Waals surface area contributed by atoms with E-state index in [1.165, 1.54) is 0 Å². The minimum absolute atomic E-state index is 0.301. The number of nitrogens with one attached hydrogen (secondary N) is 2. The molecule has 3 heterocycles. The number of carbonyl (C=O) groups excluding carboxylic acids is 1. The van der Waals surface area contributed by atoms with Crippen LogP contribution in [-0.4, -0.2) is 25.8 Å². The number of nitrogens with zero attached hydrogens (tertiary/aromatic N) is 4. The molecule has 0 saturated heterocycles. The molecule has 0 radical (unpaired) electrons. The SMILES string of the molecule is O=C(Nc1ncccc1OCc1ccncc1)c1cccc(Nc2cnccn2)c1. The molecule has 30 heavy (non-hydrogen) atoms. The first-order chi connectivity index (χ1) is 14.8. The molecule has 0 bridgehead atoms. The van der Waals surface area contributed by atoms with Gasteiger partial charge in [-0.3, -0.25) is 14.8 Å². The van der Waals surface area contributed by atoms with Crippen molar-refractivity contribution < 1.29 is 9.53 Å². The van der Waals surface area contributed by atoms with Gasteiger partial charge in [0.25, 0.3) is 5.91 Å². The van der Waals surface area contributed by atoms with Crippen LogP contribution in [-0.2, 0) is 6.61 Å². The standard InChI is InChI=1S/C22H18N6O2/c29-22(17-3-1-4-18(13-17)27-20-14-24-11-12-25-20)28-21-19(5-2-8-26-21)30-15-16-6-9-23-10-7-16/h1-14H,15H2,(H,25,27)(H,26,28,29). The zero-order valence-electron chi connectivity index (χ0n) is 15.9. The van der Waals surface area contributed by atoms with Crippen molar-refractivity contribution in [3.05, 3.63) is 96.8 Å². The van der Waals surface area contributed by atoms with Crippen LogP contribution in [0, 0.1) is 0 Å². The van der Waals surface area contributed by atoms with E-state index in [4.69, 9.17) is 4.74 Å². The van der Waals surface area contributed by atoms with Crippen LogP contribution in [0.1, 0.15) is 15.9 Å². The Morgan fingerprint density at radius 2 is 1.80 bits per heavy atom. The van der Waals surface area contributed by atoms with Gasteiger partial charge in [-0.15, -0.1) is 0 Å². The number of aromatic nitrogens is 4. The number of ether oxygens (including phenoxy) is 1. The molecule has 4 rings (SSSR count). The molecule has 8 nitrogen and oxygen atoms in total. The third-order valence-corrected chi connectivity index (χ3v) is 4.11. The van der Waals surface area contributed by atoms with Gasteiger partial charge in [0.1, 0.15) is 12.4 Å². The molecular formula is C22H18N6O2. The summed E-state index contributed by atoms with van der Waals surface area (Å²) in [5.41, 5.74) is 2.15. The first-order valence-electron chi connectivity index (χ1n) is 9.19. The molecular weight excluding hydrogens is 380 g/mol. The van der Waals surface area contributed by atoms with Crippen molar-refractivity contribution in [3.63, 3.8) is 0 Å². The fraction of sp³-hybridized carbons (Fsp3) is 0.0455. The Morgan fingerprint density at radius 1 is 0.900 bits per heavy atom. The van der Waals surface area contributed by atoms with Gasteiger partial charge in [0, 0.05) is 42.2 Å². The second-order valence-corrected chi connectivity index (χ2v) is 6.24. The predicted molar refractivity (Wildman–Crippen MR) is 113 cm³/mol. The molecule has 0 saturated carbocycles. The van der Waals surface area contributed by atoms with Crippen molar-refractivity contribution in [2.75, 3.05) is 10.6 Å². The lowest BCUT2D eigenvalue weighted by atomic mass is 10.2. The smallest absolute Gasteiger partial charge is 0.256 e. The van der Waals surface area contributed by atoms with E-state index in [-0.39, 0.29) is 5.91 Å². The minimum atomic E-state index is -0.301. The van der Waals surface area contributed by atoms with E-state index in [0.29, 0.717) is 29.6 Å². The Balaban J connectivity index is 1.46. The molecule has 0 spiro atoms. The normalized spacial score (nSPS) is 10.3. The van der Waals surface area contributed by atoms with Gasteiger partial charge >= 0.3 is 0 Å². The average molecular weight is 398 g/mol. The van der Waals surface area contributed by atoms with Crippen LogP contribution in [0.2, 0.25) is 0 Å². The Labute approximate surface area is 173 Å². The molecule has 0 aliphatic rings. The molecule has 0 unspecified atom stereocenters. The highest BCUT2D eigenvalue weighted by atomic mass is 16.5. The number of rotatable bonds is 7. The highest BCUT2D eigenvalue weighted by Crippen LogP contribution is 2.23. The fourth-order valence-corrected chi connectivity index (χ4v) is 2.67. The molecule has 0 fully saturated rings. The number of hydrogen-bond acceptors (Lipinski definition) is 7. The summed E-state index contributed by atoms with van der Waals surface area (Å²) in [6.45, 7) is 0.342. The molecule has 148 valence electrons. The van der Waals surface area contributed by atoms with Crippen LogP contribution in [0.5, 0.6) is 5.75 Å². The summed E-state index contributed by atoms with van der Waals surface area (Å²) >= 11 is 0. The van der Waals surface area contributed by atoms with Crippen molar-refractivity contribution in [1.82, 2.24) is 19.9 Å². The highest BCUT2D eigenvalue weighted by Gasteiger charge is 2.12. The van der Waals surface area contributed by atoms with E-state index in [0.717, 1.165) is 11.3 Å². The quantitative estimate of drug-likeness (QED) is 0.488. The Bertz CT molecular complexity index is 1120. The molecule has 1 aromatic carbocycles. The van der Waals surface area contributed by atoms with Crippen molar-refractivity contribution >= 4 is 23.2 Å². The molecule has 1 amide bonds. The van der Waals surface area contributed by atoms with Crippen molar-refractivity contribution in [1.29, 1.82) is 0 Å². The highest BCUT2D eigenvalue weighted by molar-refractivity contribution is 6.05. The Hall–Kier alpha value is -4.33. The predicted octanol–water partition coefficient (Wildman–Crippen LogP) is 3.84. The number of hydrogen-bond donors (Lipinski definition) is 2. The zero-order valence-corrected chi connectivity index (χ0v) is 15.9. The Kier molecular flexibility index (Phi) is 5.86. The summed E-state index contributed by atoms with van der Waals surface area (Å²) < 4.78 is 5.83. The van der Waals surface area contributed by atoms with Gasteiger partial charge in [0.05, 0.1) is 6.20 Å². The maximum atomic E-state index is 12.8. The first kappa shape index (κ1) is 19.0. The molecule has 0 atom stereocenters. The summed E-state index contributed by atoms with van der Waals surface area (Å²) in [5, 5.41) is 5.92. The van der Waals surface area contributed by atoms with Crippen LogP contribution in [0.25, 0.3) is 0 Å². The van der Waals surface area contributed by atoms with Gasteiger partial charge in [-0.05, 0) is 48.0 Å². The van der Waals surface area contributed by atoms with Crippen LogP contribution in [0.3, 0.4) is 0 Å². The topological polar surface area (TPSA) is 102 Å². The first-order valence-corrected chi connectivity index (χ1v) is 9.19. The lowest BCUT2D eigenvalue weighted by molar-refractivity contribution is 0.102. The van der Waals surface area contributed by atoms with Gasteiger partial charge in [-0.2, -0.15) is 0 Å². The average Bonchev–Trinajstić information content (AvgIpc) is 2.80. The van der Waals surface area contributed by atoms with E-state index in [1.807, 2.05) is 18.2 Å². The summed E-state index contributed by atoms with van der Waals surface area (Å²) in [6.07, 6.45) is 9.79. The number of pyridine rings is 2. The third kappa shape index (κ3) is 4.93. The molecule has 2 N–H and O–H groups in total. The summed E-state index contributed by atoms with van der Waals surface area (Å²) in [5.74, 6) is 1.12. The van der Waals surface area contributed by atoms with E-state index in [9.17, 15) is 4.79 Å². The Morgan fingerprint density at radius 3 is 2.63 bits per heavy atom. The molecule has 0 aliphatic carbocycles. The van der Waals surface area contributed by atoms with Gasteiger partial charge in [-0.1, -0.05) is 6.07 Å². The minimum Gasteiger partial charge on any atom is -0.485 e. The third-order valence-electron chi connectivity index (χ3n) is 4.11. The van der Waals surface area contributed by atoms with Crippen LogP contribution >= 0.6 is 0 Å². The monoisotopic (exact) mass is 398 g/mol. The van der Waals surface area contributed by atoms with Crippen LogP contribution in [0.15, 0.2) is 85.7 Å². The van der Waals surface area contributed by atoms with E-state index in [2.05, 4.69) is 30.6 Å². The lowest BCUT2D eigenvalue weighted by Gasteiger charge is -2.12. The summed E-state index contributed by atoms with van der Waals surface area (Å²) in [4.78, 5) is 29.2. The summed E-state index contributed by atoms with van der Waals surface area (Å²) in [7, 11) is 0. The van der Waals surface area contributed by atoms with Gasteiger partial charge in [0.15, 0.2) is 11.6 Å². The van der Waals surface area contributed by atoms with E-state index < -0.39 is 0 Å². The number of carbonyl (C=O) groups is 1. The zero-order chi connectivity index (χ0) is 20.6. The second kappa shape index (κ2) is 9.24. The summed E-state index contributed by atoms with van der Waals surface area (Å²) in [6, 6.07) is 14.3. The van der Waals surface area contributed by atoms with Gasteiger partial charge < -0.3 is 15.4 Å². The lowest BCUT2D eigenvalue weighted by Crippen LogP contribution is -2.14. The van der Waals surface area contributed by atoms with Crippen LogP contribution < -0.4 is 15.4 Å². The number of amides is 1. The largest absolute Gasteiger partial charge is 0.485 e. The number of anilines is 3. The van der Waals surface area contributed by atoms with Gasteiger partial charge in [-0.25, -0.2) is 9.97 Å².